The van der Waals surface area contributed by atoms with Gasteiger partial charge in [0.1, 0.15) is 5.75 Å². The van der Waals surface area contributed by atoms with Gasteiger partial charge in [-0.05, 0) is 5.56 Å². The van der Waals surface area contributed by atoms with Crippen molar-refractivity contribution >= 4 is 29.6 Å². The third-order valence-electron chi connectivity index (χ3n) is 4.09. The molecule has 0 radical (unpaired) electrons. The summed E-state index contributed by atoms with van der Waals surface area (Å²) < 4.78 is 6.63. The van der Waals surface area contributed by atoms with Crippen LogP contribution in [0, 0.1) is 10.1 Å². The highest BCUT2D eigenvalue weighted by Gasteiger charge is 2.13. The van der Waals surface area contributed by atoms with Crippen LogP contribution in [0.4, 0.5) is 5.69 Å². The number of nitrogens with one attached hydrogen (secondary N) is 1. The molecular weight excluding hydrogens is 424 g/mol. The minimum absolute atomic E-state index is 0.000589. The number of nitro groups is 1. The Labute approximate surface area is 180 Å². The number of amides is 1. The molecular formula is C19H17N6O5S-. The predicted octanol–water partition coefficient (Wildman–Crippen LogP) is 1.71. The number of hydrazone groups is 1. The van der Waals surface area contributed by atoms with E-state index in [2.05, 4.69) is 20.7 Å². The van der Waals surface area contributed by atoms with Crippen molar-refractivity contribution in [2.24, 2.45) is 12.1 Å². The first-order valence-corrected chi connectivity index (χ1v) is 9.82. The summed E-state index contributed by atoms with van der Waals surface area (Å²) in [6, 6.07) is 11.6. The molecule has 0 saturated heterocycles. The summed E-state index contributed by atoms with van der Waals surface area (Å²) in [7, 11) is 3.03. The average molecular weight is 441 g/mol. The topological polar surface area (TPSA) is 148 Å². The van der Waals surface area contributed by atoms with Gasteiger partial charge < -0.3 is 14.4 Å². The SMILES string of the molecule is COc1cc([N+](=O)[O-])cc(/C=N\NC(=O)CSc2nnc(-c3ccccc3)n2C)c1[O-]. The Morgan fingerprint density at radius 2 is 2.06 bits per heavy atom. The smallest absolute Gasteiger partial charge is 0.273 e. The van der Waals surface area contributed by atoms with Crippen LogP contribution in [-0.2, 0) is 11.8 Å². The average Bonchev–Trinajstić information content (AvgIpc) is 3.14. The van der Waals surface area contributed by atoms with Crippen LogP contribution in [-0.4, -0.2) is 44.7 Å². The van der Waals surface area contributed by atoms with E-state index in [9.17, 15) is 20.0 Å². The number of thioether (sulfide) groups is 1. The lowest BCUT2D eigenvalue weighted by Crippen LogP contribution is -2.20. The van der Waals surface area contributed by atoms with E-state index in [-0.39, 0.29) is 22.8 Å². The summed E-state index contributed by atoms with van der Waals surface area (Å²) in [6.07, 6.45) is 1.04. The quantitative estimate of drug-likeness (QED) is 0.240. The van der Waals surface area contributed by atoms with Crippen molar-refractivity contribution in [1.29, 1.82) is 0 Å². The van der Waals surface area contributed by atoms with Crippen molar-refractivity contribution in [2.75, 3.05) is 12.9 Å². The molecule has 0 aliphatic rings. The van der Waals surface area contributed by atoms with Crippen LogP contribution in [0.25, 0.3) is 11.4 Å². The fourth-order valence-electron chi connectivity index (χ4n) is 2.58. The van der Waals surface area contributed by atoms with Gasteiger partial charge in [0.2, 0.25) is 0 Å². The maximum Gasteiger partial charge on any atom is 0.273 e. The molecule has 0 unspecified atom stereocenters. The fourth-order valence-corrected chi connectivity index (χ4v) is 3.28. The number of non-ortho nitro benzene ring substituents is 1. The first-order valence-electron chi connectivity index (χ1n) is 8.83. The van der Waals surface area contributed by atoms with E-state index in [0.717, 1.165) is 35.7 Å². The number of aromatic nitrogens is 3. The van der Waals surface area contributed by atoms with Crippen molar-refractivity contribution in [1.82, 2.24) is 20.2 Å². The van der Waals surface area contributed by atoms with Gasteiger partial charge in [-0.25, -0.2) is 5.43 Å². The van der Waals surface area contributed by atoms with E-state index in [0.29, 0.717) is 11.0 Å². The fraction of sp³-hybridized carbons (Fsp3) is 0.158. The second kappa shape index (κ2) is 9.71. The zero-order chi connectivity index (χ0) is 22.4. The van der Waals surface area contributed by atoms with E-state index in [4.69, 9.17) is 4.74 Å². The number of carbonyl (C=O) groups is 1. The molecule has 2 aromatic carbocycles. The summed E-state index contributed by atoms with van der Waals surface area (Å²) >= 11 is 1.16. The van der Waals surface area contributed by atoms with Gasteiger partial charge in [0.15, 0.2) is 11.0 Å². The Hall–Kier alpha value is -3.93. The van der Waals surface area contributed by atoms with Gasteiger partial charge in [-0.3, -0.25) is 14.9 Å². The molecule has 1 N–H and O–H groups in total. The van der Waals surface area contributed by atoms with Crippen LogP contribution in [0.3, 0.4) is 0 Å². The van der Waals surface area contributed by atoms with E-state index in [1.165, 1.54) is 7.11 Å². The number of rotatable bonds is 8. The van der Waals surface area contributed by atoms with Crippen LogP contribution >= 0.6 is 11.8 Å². The van der Waals surface area contributed by atoms with Gasteiger partial charge in [-0.15, -0.1) is 10.2 Å². The first-order chi connectivity index (χ1) is 14.9. The molecule has 31 heavy (non-hydrogen) atoms. The maximum atomic E-state index is 12.1. The van der Waals surface area contributed by atoms with Crippen LogP contribution in [0.1, 0.15) is 5.56 Å². The molecule has 12 heteroatoms. The van der Waals surface area contributed by atoms with Gasteiger partial charge in [-0.1, -0.05) is 47.8 Å². The second-order valence-corrected chi connectivity index (χ2v) is 7.08. The van der Waals surface area contributed by atoms with Gasteiger partial charge in [-0.2, -0.15) is 5.10 Å². The molecule has 0 atom stereocenters. The van der Waals surface area contributed by atoms with Crippen molar-refractivity contribution in [2.45, 2.75) is 5.16 Å². The van der Waals surface area contributed by atoms with Crippen molar-refractivity contribution in [3.63, 3.8) is 0 Å². The number of ether oxygens (including phenoxy) is 1. The number of methoxy groups -OCH3 is 1. The highest BCUT2D eigenvalue weighted by atomic mass is 32.2. The number of benzene rings is 2. The molecule has 1 aromatic heterocycles. The van der Waals surface area contributed by atoms with Gasteiger partial charge >= 0.3 is 0 Å². The van der Waals surface area contributed by atoms with E-state index < -0.39 is 16.6 Å². The number of carbonyl (C=O) groups excluding carboxylic acids is 1. The van der Waals surface area contributed by atoms with Crippen LogP contribution < -0.4 is 15.3 Å². The molecule has 11 nitrogen and oxygen atoms in total. The second-order valence-electron chi connectivity index (χ2n) is 6.14. The Morgan fingerprint density at radius 3 is 2.74 bits per heavy atom. The van der Waals surface area contributed by atoms with Crippen LogP contribution in [0.2, 0.25) is 0 Å². The van der Waals surface area contributed by atoms with E-state index in [1.807, 2.05) is 30.3 Å². The highest BCUT2D eigenvalue weighted by molar-refractivity contribution is 7.99. The van der Waals surface area contributed by atoms with Crippen molar-refractivity contribution in [3.05, 3.63) is 58.1 Å². The normalized spacial score (nSPS) is 10.9. The summed E-state index contributed by atoms with van der Waals surface area (Å²) in [4.78, 5) is 22.4. The monoisotopic (exact) mass is 441 g/mol. The van der Waals surface area contributed by atoms with Crippen LogP contribution in [0.15, 0.2) is 52.7 Å². The zero-order valence-electron chi connectivity index (χ0n) is 16.5. The minimum atomic E-state index is -0.654. The Kier molecular flexibility index (Phi) is 6.82. The first kappa shape index (κ1) is 21.8. The van der Waals surface area contributed by atoms with Crippen molar-refractivity contribution in [3.8, 4) is 22.9 Å². The molecule has 0 aliphatic heterocycles. The molecule has 0 fully saturated rings. The van der Waals surface area contributed by atoms with Gasteiger partial charge in [0.05, 0.1) is 30.1 Å². The summed E-state index contributed by atoms with van der Waals surface area (Å²) in [5, 5.41) is 35.6. The number of nitrogens with zero attached hydrogens (tertiary/aromatic N) is 5. The summed E-state index contributed by atoms with van der Waals surface area (Å²) in [5.41, 5.74) is 2.77. The Morgan fingerprint density at radius 1 is 1.32 bits per heavy atom. The third-order valence-corrected chi connectivity index (χ3v) is 5.11. The van der Waals surface area contributed by atoms with E-state index in [1.54, 1.807) is 11.6 Å². The zero-order valence-corrected chi connectivity index (χ0v) is 17.3. The molecule has 0 bridgehead atoms. The molecule has 1 heterocycles. The predicted molar refractivity (Wildman–Crippen MR) is 112 cm³/mol. The molecule has 0 spiro atoms. The Bertz CT molecular complexity index is 1130. The maximum absolute atomic E-state index is 12.1. The van der Waals surface area contributed by atoms with Crippen molar-refractivity contribution < 1.29 is 19.6 Å². The third kappa shape index (κ3) is 5.17. The molecule has 3 rings (SSSR count). The lowest BCUT2D eigenvalue weighted by atomic mass is 10.2. The number of hydrogen-bond acceptors (Lipinski definition) is 9. The molecule has 1 amide bonds. The standard InChI is InChI=1S/C19H18N6O5S/c1-24-18(12-6-4-3-5-7-12)22-23-19(24)31-11-16(26)21-20-10-13-8-14(25(28)29)9-15(30-2)17(13)27/h3-10,27H,11H2,1-2H3,(H,21,26)/p-1/b20-10-. The largest absolute Gasteiger partial charge is 0.870 e. The lowest BCUT2D eigenvalue weighted by molar-refractivity contribution is -0.385. The number of nitro benzene ring substituents is 1. The lowest BCUT2D eigenvalue weighted by Gasteiger charge is -2.14. The molecule has 0 aliphatic carbocycles. The minimum Gasteiger partial charge on any atom is -0.870 e. The highest BCUT2D eigenvalue weighted by Crippen LogP contribution is 2.31. The molecule has 3 aromatic rings. The van der Waals surface area contributed by atoms with E-state index >= 15 is 0 Å². The molecule has 160 valence electrons. The van der Waals surface area contributed by atoms with Crippen LogP contribution in [0.5, 0.6) is 11.5 Å². The van der Waals surface area contributed by atoms with Gasteiger partial charge in [0, 0.05) is 18.7 Å². The summed E-state index contributed by atoms with van der Waals surface area (Å²) in [5.74, 6) is -0.540. The Balaban J connectivity index is 1.61. The summed E-state index contributed by atoms with van der Waals surface area (Å²) in [6.45, 7) is 0. The van der Waals surface area contributed by atoms with Gasteiger partial charge in [0.25, 0.3) is 11.6 Å². The number of hydrogen-bond donors (Lipinski definition) is 1. The molecule has 0 saturated carbocycles.